The van der Waals surface area contributed by atoms with E-state index in [-0.39, 0.29) is 0 Å². The van der Waals surface area contributed by atoms with Crippen LogP contribution in [0.1, 0.15) is 12.0 Å². The van der Waals surface area contributed by atoms with Crippen molar-refractivity contribution in [3.63, 3.8) is 0 Å². The minimum atomic E-state index is 0.507. The molecule has 5 nitrogen and oxygen atoms in total. The molecule has 0 spiro atoms. The summed E-state index contributed by atoms with van der Waals surface area (Å²) in [7, 11) is 3.40. The standard InChI is InChI=1S/C23H30N2O3/c1-26-22-10-6-7-18(23(22)27-2)15-24-12-11-21-19(16-24)17-28-14-13-25(21)20-8-4-3-5-9-20/h3-10,19,21H,11-17H2,1-2H3/t19-,21+/m1/s1. The van der Waals surface area contributed by atoms with E-state index in [1.54, 1.807) is 14.2 Å². The molecule has 2 saturated heterocycles. The quantitative estimate of drug-likeness (QED) is 0.791. The van der Waals surface area contributed by atoms with E-state index < -0.39 is 0 Å². The number of rotatable bonds is 5. The number of likely N-dealkylation sites (tertiary alicyclic amines) is 1. The van der Waals surface area contributed by atoms with E-state index in [4.69, 9.17) is 14.2 Å². The van der Waals surface area contributed by atoms with Crippen LogP contribution in [0.15, 0.2) is 48.5 Å². The van der Waals surface area contributed by atoms with E-state index in [0.717, 1.165) is 57.3 Å². The van der Waals surface area contributed by atoms with Crippen molar-refractivity contribution in [3.8, 4) is 11.5 Å². The monoisotopic (exact) mass is 382 g/mol. The SMILES string of the molecule is COc1cccc(CN2CC[C@H]3[C@@H](COCCN3c3ccccc3)C2)c1OC. The van der Waals surface area contributed by atoms with Gasteiger partial charge in [-0.1, -0.05) is 30.3 Å². The molecule has 0 radical (unpaired) electrons. The zero-order chi connectivity index (χ0) is 19.3. The predicted octanol–water partition coefficient (Wildman–Crippen LogP) is 3.43. The highest BCUT2D eigenvalue weighted by Crippen LogP contribution is 2.34. The first-order valence-corrected chi connectivity index (χ1v) is 10.1. The van der Waals surface area contributed by atoms with Crippen LogP contribution in [-0.2, 0) is 11.3 Å². The van der Waals surface area contributed by atoms with Gasteiger partial charge in [-0.05, 0) is 24.6 Å². The fourth-order valence-electron chi connectivity index (χ4n) is 4.64. The van der Waals surface area contributed by atoms with Gasteiger partial charge in [-0.3, -0.25) is 4.90 Å². The second-order valence-corrected chi connectivity index (χ2v) is 7.61. The Morgan fingerprint density at radius 2 is 1.86 bits per heavy atom. The fourth-order valence-corrected chi connectivity index (χ4v) is 4.64. The number of para-hydroxylation sites is 2. The average Bonchev–Trinajstić information content (AvgIpc) is 2.96. The number of fused-ring (bicyclic) bond motifs is 1. The summed E-state index contributed by atoms with van der Waals surface area (Å²) in [4.78, 5) is 5.08. The van der Waals surface area contributed by atoms with E-state index >= 15 is 0 Å². The number of piperidine rings is 1. The molecule has 2 aliphatic rings. The first-order chi connectivity index (χ1) is 13.8. The van der Waals surface area contributed by atoms with Crippen molar-refractivity contribution < 1.29 is 14.2 Å². The minimum Gasteiger partial charge on any atom is -0.493 e. The van der Waals surface area contributed by atoms with Crippen LogP contribution in [0.5, 0.6) is 11.5 Å². The van der Waals surface area contributed by atoms with Gasteiger partial charge in [-0.15, -0.1) is 0 Å². The molecule has 2 heterocycles. The lowest BCUT2D eigenvalue weighted by atomic mass is 9.90. The maximum Gasteiger partial charge on any atom is 0.165 e. The lowest BCUT2D eigenvalue weighted by molar-refractivity contribution is 0.0705. The number of anilines is 1. The van der Waals surface area contributed by atoms with Crippen LogP contribution in [-0.4, -0.2) is 58.0 Å². The zero-order valence-electron chi connectivity index (χ0n) is 16.8. The second kappa shape index (κ2) is 8.84. The van der Waals surface area contributed by atoms with Gasteiger partial charge in [0.25, 0.3) is 0 Å². The molecule has 0 saturated carbocycles. The smallest absolute Gasteiger partial charge is 0.165 e. The maximum absolute atomic E-state index is 5.98. The molecule has 150 valence electrons. The van der Waals surface area contributed by atoms with Gasteiger partial charge in [0.15, 0.2) is 11.5 Å². The molecule has 2 aromatic carbocycles. The van der Waals surface area contributed by atoms with E-state index in [1.807, 2.05) is 12.1 Å². The summed E-state index contributed by atoms with van der Waals surface area (Å²) in [5.41, 5.74) is 2.49. The molecule has 28 heavy (non-hydrogen) atoms. The summed E-state index contributed by atoms with van der Waals surface area (Å²) in [5, 5.41) is 0. The van der Waals surface area contributed by atoms with Crippen LogP contribution in [0.3, 0.4) is 0 Å². The van der Waals surface area contributed by atoms with Crippen LogP contribution >= 0.6 is 0 Å². The van der Waals surface area contributed by atoms with Gasteiger partial charge in [-0.25, -0.2) is 0 Å². The van der Waals surface area contributed by atoms with Crippen molar-refractivity contribution in [3.05, 3.63) is 54.1 Å². The topological polar surface area (TPSA) is 34.2 Å². The van der Waals surface area contributed by atoms with Gasteiger partial charge in [0.1, 0.15) is 0 Å². The molecule has 4 rings (SSSR count). The molecular formula is C23H30N2O3. The van der Waals surface area contributed by atoms with Crippen molar-refractivity contribution in [1.82, 2.24) is 4.90 Å². The third-order valence-corrected chi connectivity index (χ3v) is 5.95. The predicted molar refractivity (Wildman–Crippen MR) is 111 cm³/mol. The van der Waals surface area contributed by atoms with Gasteiger partial charge >= 0.3 is 0 Å². The molecular weight excluding hydrogens is 352 g/mol. The Bertz CT molecular complexity index is 768. The molecule has 0 bridgehead atoms. The molecule has 2 aromatic rings. The summed E-state index contributed by atoms with van der Waals surface area (Å²) in [6, 6.07) is 17.4. The molecule has 0 unspecified atom stereocenters. The number of methoxy groups -OCH3 is 2. The van der Waals surface area contributed by atoms with Gasteiger partial charge in [0.2, 0.25) is 0 Å². The van der Waals surface area contributed by atoms with Crippen molar-refractivity contribution >= 4 is 5.69 Å². The normalized spacial score (nSPS) is 23.0. The Kier molecular flexibility index (Phi) is 6.03. The largest absolute Gasteiger partial charge is 0.493 e. The summed E-state index contributed by atoms with van der Waals surface area (Å²) >= 11 is 0. The van der Waals surface area contributed by atoms with Gasteiger partial charge in [-0.2, -0.15) is 0 Å². The molecule has 2 atom stereocenters. The highest BCUT2D eigenvalue weighted by molar-refractivity contribution is 5.48. The summed E-state index contributed by atoms with van der Waals surface area (Å²) in [6.45, 7) is 5.58. The molecule has 0 aliphatic carbocycles. The minimum absolute atomic E-state index is 0.507. The molecule has 0 N–H and O–H groups in total. The van der Waals surface area contributed by atoms with E-state index in [0.29, 0.717) is 12.0 Å². The lowest BCUT2D eigenvalue weighted by Crippen LogP contribution is -2.51. The third kappa shape index (κ3) is 3.96. The van der Waals surface area contributed by atoms with Crippen LogP contribution < -0.4 is 14.4 Å². The number of benzene rings is 2. The van der Waals surface area contributed by atoms with Crippen LogP contribution in [0.2, 0.25) is 0 Å². The maximum atomic E-state index is 5.98. The Balaban J connectivity index is 1.49. The van der Waals surface area contributed by atoms with Gasteiger partial charge < -0.3 is 19.1 Å². The molecule has 2 fully saturated rings. The van der Waals surface area contributed by atoms with Crippen molar-refractivity contribution in [2.45, 2.75) is 19.0 Å². The van der Waals surface area contributed by atoms with Crippen LogP contribution in [0.4, 0.5) is 5.69 Å². The Hall–Kier alpha value is -2.24. The van der Waals surface area contributed by atoms with Crippen molar-refractivity contribution in [2.24, 2.45) is 5.92 Å². The Morgan fingerprint density at radius 1 is 1.00 bits per heavy atom. The molecule has 2 aliphatic heterocycles. The first-order valence-electron chi connectivity index (χ1n) is 10.1. The number of hydrogen-bond acceptors (Lipinski definition) is 5. The van der Waals surface area contributed by atoms with E-state index in [2.05, 4.69) is 46.2 Å². The Morgan fingerprint density at radius 3 is 2.64 bits per heavy atom. The third-order valence-electron chi connectivity index (χ3n) is 5.95. The zero-order valence-corrected chi connectivity index (χ0v) is 16.8. The van der Waals surface area contributed by atoms with Crippen LogP contribution in [0.25, 0.3) is 0 Å². The number of nitrogens with zero attached hydrogens (tertiary/aromatic N) is 2. The van der Waals surface area contributed by atoms with Crippen molar-refractivity contribution in [2.75, 3.05) is 52.0 Å². The average molecular weight is 383 g/mol. The fraction of sp³-hybridized carbons (Fsp3) is 0.478. The second-order valence-electron chi connectivity index (χ2n) is 7.61. The molecule has 0 aromatic heterocycles. The summed E-state index contributed by atoms with van der Waals surface area (Å²) < 4.78 is 17.1. The highest BCUT2D eigenvalue weighted by Gasteiger charge is 2.35. The van der Waals surface area contributed by atoms with E-state index in [9.17, 15) is 0 Å². The highest BCUT2D eigenvalue weighted by atomic mass is 16.5. The lowest BCUT2D eigenvalue weighted by Gasteiger charge is -2.43. The summed E-state index contributed by atoms with van der Waals surface area (Å²) in [6.07, 6.45) is 1.15. The van der Waals surface area contributed by atoms with Crippen LogP contribution in [0, 0.1) is 5.92 Å². The number of hydrogen-bond donors (Lipinski definition) is 0. The number of ether oxygens (including phenoxy) is 3. The summed E-state index contributed by atoms with van der Waals surface area (Å²) in [5.74, 6) is 2.14. The molecule has 0 amide bonds. The van der Waals surface area contributed by atoms with E-state index in [1.165, 1.54) is 11.3 Å². The van der Waals surface area contributed by atoms with Crippen molar-refractivity contribution in [1.29, 1.82) is 0 Å². The van der Waals surface area contributed by atoms with Gasteiger partial charge in [0, 0.05) is 49.4 Å². The Labute approximate surface area is 167 Å². The first kappa shape index (κ1) is 19.1. The van der Waals surface area contributed by atoms with Gasteiger partial charge in [0.05, 0.1) is 27.4 Å². The molecule has 5 heteroatoms.